The molecule has 0 amide bonds. The van der Waals surface area contributed by atoms with Gasteiger partial charge in [0, 0.05) is 26.2 Å². The molecule has 0 aromatic heterocycles. The van der Waals surface area contributed by atoms with Crippen LogP contribution in [0.3, 0.4) is 0 Å². The van der Waals surface area contributed by atoms with Crippen LogP contribution >= 0.6 is 0 Å². The first-order valence-corrected chi connectivity index (χ1v) is 10.1. The lowest BCUT2D eigenvalue weighted by atomic mass is 10.0. The Hall–Kier alpha value is -0.380. The maximum atomic E-state index is 5.62. The van der Waals surface area contributed by atoms with Gasteiger partial charge >= 0.3 is 0 Å². The van der Waals surface area contributed by atoms with Crippen LogP contribution in [-0.2, 0) is 0 Å². The number of nitrogens with zero attached hydrogens (tertiary/aromatic N) is 1. The molecule has 0 saturated carbocycles. The first-order chi connectivity index (χ1) is 11.3. The molecular weight excluding hydrogens is 282 g/mol. The summed E-state index contributed by atoms with van der Waals surface area (Å²) in [4.78, 5) is 2.40. The Balaban J connectivity index is 3.16. The van der Waals surface area contributed by atoms with Gasteiger partial charge in [0.15, 0.2) is 0 Å². The van der Waals surface area contributed by atoms with Gasteiger partial charge in [-0.1, -0.05) is 70.3 Å². The average Bonchev–Trinajstić information content (AvgIpc) is 2.55. The van der Waals surface area contributed by atoms with Crippen molar-refractivity contribution in [1.82, 2.24) is 4.90 Å². The van der Waals surface area contributed by atoms with Crippen LogP contribution in [-0.4, -0.2) is 37.6 Å². The van der Waals surface area contributed by atoms with E-state index in [0.29, 0.717) is 0 Å². The maximum absolute atomic E-state index is 5.62. The van der Waals surface area contributed by atoms with Crippen LogP contribution in [0, 0.1) is 0 Å². The fourth-order valence-corrected chi connectivity index (χ4v) is 3.09. The molecule has 0 aliphatic rings. The number of hydrogen-bond acceptors (Lipinski definition) is 3. The van der Waals surface area contributed by atoms with Gasteiger partial charge in [-0.25, -0.2) is 0 Å². The van der Waals surface area contributed by atoms with E-state index in [1.807, 2.05) is 6.08 Å². The molecule has 0 fully saturated rings. The SMILES string of the molecule is C=CCCCCCCCCCCCCCCN(CCN)CCN. The average molecular weight is 326 g/mol. The van der Waals surface area contributed by atoms with E-state index < -0.39 is 0 Å². The molecule has 0 aliphatic carbocycles. The molecule has 0 bridgehead atoms. The van der Waals surface area contributed by atoms with Crippen LogP contribution < -0.4 is 11.5 Å². The molecule has 3 nitrogen and oxygen atoms in total. The van der Waals surface area contributed by atoms with Gasteiger partial charge in [0.05, 0.1) is 0 Å². The molecule has 0 spiro atoms. The smallest absolute Gasteiger partial charge is 0.0105 e. The van der Waals surface area contributed by atoms with E-state index in [9.17, 15) is 0 Å². The normalized spacial score (nSPS) is 11.3. The highest BCUT2D eigenvalue weighted by molar-refractivity contribution is 4.65. The second-order valence-electron chi connectivity index (χ2n) is 6.74. The molecule has 0 heterocycles. The molecule has 0 aromatic rings. The predicted octanol–water partition coefficient (Wildman–Crippen LogP) is 4.46. The lowest BCUT2D eigenvalue weighted by molar-refractivity contribution is 0.281. The van der Waals surface area contributed by atoms with Gasteiger partial charge < -0.3 is 16.4 Å². The zero-order valence-corrected chi connectivity index (χ0v) is 15.6. The van der Waals surface area contributed by atoms with Crippen LogP contribution in [0.4, 0.5) is 0 Å². The standard InChI is InChI=1S/C20H43N3/c1-2-3-4-5-6-7-8-9-10-11-12-13-14-15-18-23(19-16-21)20-17-22/h2H,1,3-22H2. The number of allylic oxidation sites excluding steroid dienone is 1. The summed E-state index contributed by atoms with van der Waals surface area (Å²) in [6.07, 6.45) is 20.0. The zero-order chi connectivity index (χ0) is 17.0. The molecular formula is C20H43N3. The summed E-state index contributed by atoms with van der Waals surface area (Å²) < 4.78 is 0. The van der Waals surface area contributed by atoms with Gasteiger partial charge in [-0.05, 0) is 25.8 Å². The summed E-state index contributed by atoms with van der Waals surface area (Å²) in [5, 5.41) is 0. The van der Waals surface area contributed by atoms with Crippen molar-refractivity contribution in [2.75, 3.05) is 32.7 Å². The molecule has 0 rings (SSSR count). The highest BCUT2D eigenvalue weighted by Gasteiger charge is 2.01. The molecule has 138 valence electrons. The minimum absolute atomic E-state index is 0.744. The Labute approximate surface area is 145 Å². The zero-order valence-electron chi connectivity index (χ0n) is 15.6. The fraction of sp³-hybridized carbons (Fsp3) is 0.900. The second kappa shape index (κ2) is 19.7. The van der Waals surface area contributed by atoms with E-state index in [-0.39, 0.29) is 0 Å². The van der Waals surface area contributed by atoms with Crippen molar-refractivity contribution >= 4 is 0 Å². The number of nitrogens with two attached hydrogens (primary N) is 2. The predicted molar refractivity (Wildman–Crippen MR) is 105 cm³/mol. The lowest BCUT2D eigenvalue weighted by Gasteiger charge is -2.20. The quantitative estimate of drug-likeness (QED) is 0.272. The molecule has 0 aliphatic heterocycles. The summed E-state index contributed by atoms with van der Waals surface area (Å²) in [5.74, 6) is 0. The lowest BCUT2D eigenvalue weighted by Crippen LogP contribution is -2.34. The van der Waals surface area contributed by atoms with Crippen molar-refractivity contribution in [2.45, 2.75) is 83.5 Å². The van der Waals surface area contributed by atoms with Crippen molar-refractivity contribution in [1.29, 1.82) is 0 Å². The van der Waals surface area contributed by atoms with E-state index in [0.717, 1.165) is 26.2 Å². The molecule has 3 heteroatoms. The molecule has 0 radical (unpaired) electrons. The molecule has 0 saturated heterocycles. The van der Waals surface area contributed by atoms with E-state index >= 15 is 0 Å². The summed E-state index contributed by atoms with van der Waals surface area (Å²) in [6.45, 7) is 8.40. The van der Waals surface area contributed by atoms with Crippen LogP contribution in [0.15, 0.2) is 12.7 Å². The van der Waals surface area contributed by atoms with Crippen molar-refractivity contribution < 1.29 is 0 Å². The molecule has 23 heavy (non-hydrogen) atoms. The third kappa shape index (κ3) is 17.8. The third-order valence-electron chi connectivity index (χ3n) is 4.52. The monoisotopic (exact) mass is 325 g/mol. The van der Waals surface area contributed by atoms with Crippen molar-refractivity contribution in [3.63, 3.8) is 0 Å². The van der Waals surface area contributed by atoms with Gasteiger partial charge in [0.1, 0.15) is 0 Å². The van der Waals surface area contributed by atoms with E-state index in [1.54, 1.807) is 0 Å². The highest BCUT2D eigenvalue weighted by Crippen LogP contribution is 2.12. The van der Waals surface area contributed by atoms with Crippen LogP contribution in [0.2, 0.25) is 0 Å². The number of hydrogen-bond donors (Lipinski definition) is 2. The topological polar surface area (TPSA) is 55.3 Å². The largest absolute Gasteiger partial charge is 0.329 e. The van der Waals surface area contributed by atoms with Crippen molar-refractivity contribution in [3.8, 4) is 0 Å². The van der Waals surface area contributed by atoms with Crippen LogP contribution in [0.5, 0.6) is 0 Å². The molecule has 4 N–H and O–H groups in total. The van der Waals surface area contributed by atoms with Gasteiger partial charge in [0.2, 0.25) is 0 Å². The Bertz CT molecular complexity index is 225. The summed E-state index contributed by atoms with van der Waals surface area (Å²) >= 11 is 0. The minimum atomic E-state index is 0.744. The summed E-state index contributed by atoms with van der Waals surface area (Å²) in [5.41, 5.74) is 11.2. The number of rotatable bonds is 19. The second-order valence-corrected chi connectivity index (χ2v) is 6.74. The Morgan fingerprint density at radius 3 is 1.35 bits per heavy atom. The Morgan fingerprint density at radius 2 is 0.957 bits per heavy atom. The van der Waals surface area contributed by atoms with Crippen LogP contribution in [0.1, 0.15) is 83.5 Å². The first kappa shape index (κ1) is 22.6. The van der Waals surface area contributed by atoms with Gasteiger partial charge in [-0.2, -0.15) is 0 Å². The van der Waals surface area contributed by atoms with Crippen LogP contribution in [0.25, 0.3) is 0 Å². The minimum Gasteiger partial charge on any atom is -0.329 e. The van der Waals surface area contributed by atoms with E-state index in [1.165, 1.54) is 90.0 Å². The highest BCUT2D eigenvalue weighted by atomic mass is 15.1. The maximum Gasteiger partial charge on any atom is 0.0105 e. The van der Waals surface area contributed by atoms with Gasteiger partial charge in [-0.15, -0.1) is 6.58 Å². The number of unbranched alkanes of at least 4 members (excludes halogenated alkanes) is 12. The molecule has 0 unspecified atom stereocenters. The van der Waals surface area contributed by atoms with E-state index in [4.69, 9.17) is 11.5 Å². The Morgan fingerprint density at radius 1 is 0.565 bits per heavy atom. The van der Waals surface area contributed by atoms with Crippen molar-refractivity contribution in [3.05, 3.63) is 12.7 Å². The molecule has 0 atom stereocenters. The third-order valence-corrected chi connectivity index (χ3v) is 4.52. The fourth-order valence-electron chi connectivity index (χ4n) is 3.09. The first-order valence-electron chi connectivity index (χ1n) is 10.1. The Kier molecular flexibility index (Phi) is 19.3. The van der Waals surface area contributed by atoms with E-state index in [2.05, 4.69) is 11.5 Å². The van der Waals surface area contributed by atoms with Crippen molar-refractivity contribution in [2.24, 2.45) is 11.5 Å². The summed E-state index contributed by atoms with van der Waals surface area (Å²) in [7, 11) is 0. The van der Waals surface area contributed by atoms with Gasteiger partial charge in [-0.3, -0.25) is 0 Å². The summed E-state index contributed by atoms with van der Waals surface area (Å²) in [6, 6.07) is 0. The van der Waals surface area contributed by atoms with Gasteiger partial charge in [0.25, 0.3) is 0 Å². The molecule has 0 aromatic carbocycles.